The van der Waals surface area contributed by atoms with Gasteiger partial charge in [0.1, 0.15) is 11.5 Å². The van der Waals surface area contributed by atoms with E-state index in [4.69, 9.17) is 4.74 Å². The quantitative estimate of drug-likeness (QED) is 0.469. The first-order valence-electron chi connectivity index (χ1n) is 9.85. The third-order valence-electron chi connectivity index (χ3n) is 5.65. The molecule has 0 unspecified atom stereocenters. The van der Waals surface area contributed by atoms with Gasteiger partial charge in [-0.1, -0.05) is 15.9 Å². The number of carbonyl (C=O) groups excluding carboxylic acids is 3. The van der Waals surface area contributed by atoms with Gasteiger partial charge in [0.05, 0.1) is 5.60 Å². The van der Waals surface area contributed by atoms with Gasteiger partial charge in [-0.05, 0) is 57.2 Å². The Bertz CT molecular complexity index is 930. The Hall–Kier alpha value is -2.53. The number of hydrogen-bond donors (Lipinski definition) is 4. The van der Waals surface area contributed by atoms with Gasteiger partial charge < -0.3 is 20.5 Å². The number of carbonyl (C=O) groups is 3. The fourth-order valence-corrected chi connectivity index (χ4v) is 4.66. The van der Waals surface area contributed by atoms with Crippen molar-refractivity contribution in [3.05, 3.63) is 34.1 Å². The van der Waals surface area contributed by atoms with Crippen molar-refractivity contribution in [1.29, 1.82) is 0 Å². The van der Waals surface area contributed by atoms with Gasteiger partial charge in [-0.25, -0.2) is 14.6 Å². The lowest BCUT2D eigenvalue weighted by molar-refractivity contribution is -0.139. The van der Waals surface area contributed by atoms with Crippen LogP contribution in [0.2, 0.25) is 0 Å². The van der Waals surface area contributed by atoms with Gasteiger partial charge in [0.2, 0.25) is 0 Å². The molecule has 11 heteroatoms. The van der Waals surface area contributed by atoms with Gasteiger partial charge in [-0.2, -0.15) is 5.10 Å². The molecule has 168 valence electrons. The monoisotopic (exact) mass is 498 g/mol. The molecule has 1 aromatic rings. The van der Waals surface area contributed by atoms with Crippen LogP contribution in [0.4, 0.5) is 9.18 Å². The van der Waals surface area contributed by atoms with Crippen LogP contribution >= 0.6 is 15.9 Å². The predicted molar refractivity (Wildman–Crippen MR) is 113 cm³/mol. The van der Waals surface area contributed by atoms with E-state index < -0.39 is 41.0 Å². The molecule has 31 heavy (non-hydrogen) atoms. The molecule has 1 aliphatic carbocycles. The first-order chi connectivity index (χ1) is 14.6. The molecule has 9 nitrogen and oxygen atoms in total. The van der Waals surface area contributed by atoms with Crippen molar-refractivity contribution in [2.75, 3.05) is 7.05 Å². The standard InChI is InChI=1S/C20H24BrFN4O5/c1-11(24-17(28)16(27)23-2)10-19(30)5-7-20(8-6-19)15(25-26-18(29)31-20)13-4-3-12(22)9-14(13)21/h3-4,9,11,30H,5-8,10H2,1-2H3,(H,23,27)(H,24,28)(H,26,29)/t11-,19?,20?/m0/s1. The van der Waals surface area contributed by atoms with Crippen LogP contribution in [0.25, 0.3) is 0 Å². The Morgan fingerprint density at radius 3 is 2.61 bits per heavy atom. The third kappa shape index (κ3) is 5.04. The second-order valence-electron chi connectivity index (χ2n) is 7.96. The summed E-state index contributed by atoms with van der Waals surface area (Å²) in [4.78, 5) is 35.1. The maximum Gasteiger partial charge on any atom is 0.428 e. The molecular weight excluding hydrogens is 475 g/mol. The SMILES string of the molecule is CNC(=O)C(=O)N[C@@H](C)CC1(O)CCC2(CC1)OC(=O)NN=C2c1ccc(F)cc1Br. The normalized spacial score (nSPS) is 26.4. The van der Waals surface area contributed by atoms with Crippen LogP contribution in [0, 0.1) is 5.82 Å². The third-order valence-corrected chi connectivity index (χ3v) is 6.31. The van der Waals surface area contributed by atoms with E-state index in [0.717, 1.165) is 0 Å². The Kier molecular flexibility index (Phi) is 6.65. The number of ether oxygens (including phenoxy) is 1. The molecule has 3 amide bonds. The molecule has 0 saturated heterocycles. The van der Waals surface area contributed by atoms with E-state index >= 15 is 0 Å². The second-order valence-corrected chi connectivity index (χ2v) is 8.82. The number of nitrogens with one attached hydrogen (secondary N) is 3. The van der Waals surface area contributed by atoms with Gasteiger partial charge >= 0.3 is 17.9 Å². The van der Waals surface area contributed by atoms with Gasteiger partial charge in [0.25, 0.3) is 0 Å². The summed E-state index contributed by atoms with van der Waals surface area (Å²) in [5.74, 6) is -1.95. The zero-order valence-corrected chi connectivity index (χ0v) is 18.7. The summed E-state index contributed by atoms with van der Waals surface area (Å²) in [6.45, 7) is 1.70. The minimum absolute atomic E-state index is 0.227. The molecule has 1 fully saturated rings. The molecule has 1 aromatic carbocycles. The topological polar surface area (TPSA) is 129 Å². The van der Waals surface area contributed by atoms with E-state index in [1.165, 1.54) is 19.2 Å². The molecule has 1 heterocycles. The molecule has 1 aliphatic heterocycles. The Morgan fingerprint density at radius 1 is 1.32 bits per heavy atom. The van der Waals surface area contributed by atoms with Crippen LogP contribution in [0.1, 0.15) is 44.6 Å². The highest BCUT2D eigenvalue weighted by Gasteiger charge is 2.50. The van der Waals surface area contributed by atoms with Crippen molar-refractivity contribution >= 4 is 39.5 Å². The highest BCUT2D eigenvalue weighted by molar-refractivity contribution is 9.10. The van der Waals surface area contributed by atoms with E-state index in [2.05, 4.69) is 37.1 Å². The molecule has 1 spiro atoms. The summed E-state index contributed by atoms with van der Waals surface area (Å²) in [5, 5.41) is 20.1. The van der Waals surface area contributed by atoms with E-state index in [0.29, 0.717) is 15.7 Å². The van der Waals surface area contributed by atoms with Crippen molar-refractivity contribution in [3.8, 4) is 0 Å². The lowest BCUT2D eigenvalue weighted by atomic mass is 9.70. The fourth-order valence-electron chi connectivity index (χ4n) is 4.13. The fraction of sp³-hybridized carbons (Fsp3) is 0.500. The van der Waals surface area contributed by atoms with E-state index in [9.17, 15) is 23.9 Å². The van der Waals surface area contributed by atoms with Crippen LogP contribution in [-0.4, -0.2) is 53.0 Å². The average molecular weight is 499 g/mol. The second kappa shape index (κ2) is 8.91. The molecule has 1 saturated carbocycles. The zero-order valence-electron chi connectivity index (χ0n) is 17.1. The average Bonchev–Trinajstić information content (AvgIpc) is 2.70. The molecular formula is C20H24BrFN4O5. The first-order valence-corrected chi connectivity index (χ1v) is 10.6. The summed E-state index contributed by atoms with van der Waals surface area (Å²) in [6.07, 6.45) is 0.658. The number of hydrazone groups is 1. The summed E-state index contributed by atoms with van der Waals surface area (Å²) in [6, 6.07) is 3.71. The summed E-state index contributed by atoms with van der Waals surface area (Å²) < 4.78 is 19.7. The van der Waals surface area contributed by atoms with Crippen LogP contribution in [-0.2, 0) is 14.3 Å². The van der Waals surface area contributed by atoms with Crippen LogP contribution in [0.15, 0.2) is 27.8 Å². The van der Waals surface area contributed by atoms with Crippen LogP contribution in [0.3, 0.4) is 0 Å². The Balaban J connectivity index is 1.75. The molecule has 0 radical (unpaired) electrons. The minimum atomic E-state index is -1.12. The molecule has 0 bridgehead atoms. The first kappa shape index (κ1) is 23.1. The molecule has 0 aromatic heterocycles. The highest BCUT2D eigenvalue weighted by Crippen LogP contribution is 2.43. The van der Waals surface area contributed by atoms with Crippen LogP contribution < -0.4 is 16.1 Å². The van der Waals surface area contributed by atoms with Crippen molar-refractivity contribution in [2.24, 2.45) is 5.10 Å². The molecule has 1 atom stereocenters. The summed E-state index contributed by atoms with van der Waals surface area (Å²) >= 11 is 3.33. The van der Waals surface area contributed by atoms with E-state index in [1.54, 1.807) is 13.0 Å². The van der Waals surface area contributed by atoms with Gasteiger partial charge in [0, 0.05) is 23.1 Å². The maximum absolute atomic E-state index is 13.5. The number of nitrogens with zero attached hydrogens (tertiary/aromatic N) is 1. The maximum atomic E-state index is 13.5. The lowest BCUT2D eigenvalue weighted by Gasteiger charge is -2.45. The van der Waals surface area contributed by atoms with Crippen molar-refractivity contribution < 1.29 is 28.6 Å². The number of hydrogen-bond acceptors (Lipinski definition) is 6. The number of benzene rings is 1. The van der Waals surface area contributed by atoms with Crippen molar-refractivity contribution in [1.82, 2.24) is 16.1 Å². The van der Waals surface area contributed by atoms with Crippen molar-refractivity contribution in [3.63, 3.8) is 0 Å². The van der Waals surface area contributed by atoms with Gasteiger partial charge in [0.15, 0.2) is 5.60 Å². The van der Waals surface area contributed by atoms with E-state index in [-0.39, 0.29) is 32.1 Å². The van der Waals surface area contributed by atoms with Gasteiger partial charge in [-0.3, -0.25) is 9.59 Å². The Labute approximate surface area is 186 Å². The number of likely N-dealkylation sites (N-methyl/N-ethyl adjacent to an activating group) is 1. The molecule has 4 N–H and O–H groups in total. The predicted octanol–water partition coefficient (Wildman–Crippen LogP) is 1.72. The highest BCUT2D eigenvalue weighted by atomic mass is 79.9. The summed E-state index contributed by atoms with van der Waals surface area (Å²) in [7, 11) is 1.36. The van der Waals surface area contributed by atoms with Crippen molar-refractivity contribution in [2.45, 2.75) is 56.3 Å². The molecule has 2 aliphatic rings. The minimum Gasteiger partial charge on any atom is -0.435 e. The molecule has 3 rings (SSSR count). The van der Waals surface area contributed by atoms with Gasteiger partial charge in [-0.15, -0.1) is 0 Å². The summed E-state index contributed by atoms with van der Waals surface area (Å²) in [5.41, 5.74) is 1.14. The smallest absolute Gasteiger partial charge is 0.428 e. The number of aliphatic hydroxyl groups is 1. The lowest BCUT2D eigenvalue weighted by Crippen LogP contribution is -2.56. The Morgan fingerprint density at radius 2 is 2.00 bits per heavy atom. The number of amides is 3. The largest absolute Gasteiger partial charge is 0.435 e. The number of halogens is 2. The number of rotatable bonds is 4. The van der Waals surface area contributed by atoms with E-state index in [1.807, 2.05) is 0 Å². The van der Waals surface area contributed by atoms with Crippen LogP contribution in [0.5, 0.6) is 0 Å². The zero-order chi connectivity index (χ0) is 22.8.